The summed E-state index contributed by atoms with van der Waals surface area (Å²) in [6.45, 7) is 0. The van der Waals surface area contributed by atoms with Gasteiger partial charge >= 0.3 is 0 Å². The number of nitrogens with zero attached hydrogens (tertiary/aromatic N) is 2. The third-order valence-corrected chi connectivity index (χ3v) is 4.65. The van der Waals surface area contributed by atoms with E-state index in [1.807, 2.05) is 17.5 Å². The number of pyridine rings is 2. The maximum atomic E-state index is 12.4. The Kier molecular flexibility index (Phi) is 1.99. The van der Waals surface area contributed by atoms with Gasteiger partial charge in [0.15, 0.2) is 0 Å². The second kappa shape index (κ2) is 3.46. The third kappa shape index (κ3) is 1.15. The lowest BCUT2D eigenvalue weighted by molar-refractivity contribution is 0.103. The van der Waals surface area contributed by atoms with Crippen LogP contribution in [0.2, 0.25) is 0 Å². The van der Waals surface area contributed by atoms with Crippen molar-refractivity contribution in [3.63, 3.8) is 0 Å². The number of rotatable bonds is 0. The number of carbonyl (C=O) groups excluding carboxylic acids is 1. The predicted molar refractivity (Wildman–Crippen MR) is 74.0 cm³/mol. The van der Waals surface area contributed by atoms with Gasteiger partial charge in [0.25, 0.3) is 0 Å². The van der Waals surface area contributed by atoms with Crippen LogP contribution in [0.3, 0.4) is 0 Å². The van der Waals surface area contributed by atoms with Crippen LogP contribution in [-0.4, -0.2) is 15.8 Å². The summed E-state index contributed by atoms with van der Waals surface area (Å²) < 4.78 is 0.887. The van der Waals surface area contributed by atoms with Crippen molar-refractivity contribution in [2.45, 2.75) is 0 Å². The number of ketones is 1. The van der Waals surface area contributed by atoms with Crippen molar-refractivity contribution >= 4 is 43.8 Å². The fourth-order valence-corrected chi connectivity index (χ4v) is 3.63. The topological polar surface area (TPSA) is 42.9 Å². The number of aromatic nitrogens is 2. The molecule has 0 fully saturated rings. The summed E-state index contributed by atoms with van der Waals surface area (Å²) in [5.74, 6) is -0.00995. The molecule has 3 aromatic heterocycles. The van der Waals surface area contributed by atoms with E-state index in [1.54, 1.807) is 23.7 Å². The Balaban J connectivity index is 2.30. The zero-order chi connectivity index (χ0) is 12.3. The fraction of sp³-hybridized carbons (Fsp3) is 0. The minimum atomic E-state index is -0.00995. The van der Waals surface area contributed by atoms with Crippen molar-refractivity contribution in [2.24, 2.45) is 0 Å². The van der Waals surface area contributed by atoms with E-state index >= 15 is 0 Å². The molecule has 86 valence electrons. The average Bonchev–Trinajstić information content (AvgIpc) is 2.87. The van der Waals surface area contributed by atoms with Crippen LogP contribution in [0.1, 0.15) is 16.1 Å². The second-order valence-corrected chi connectivity index (χ2v) is 5.80. The fourth-order valence-electron chi connectivity index (χ4n) is 2.30. The van der Waals surface area contributed by atoms with Crippen LogP contribution in [0, 0.1) is 0 Å². The Morgan fingerprint density at radius 2 is 2.06 bits per heavy atom. The first-order chi connectivity index (χ1) is 8.77. The molecular weight excluding hydrogens is 312 g/mol. The third-order valence-electron chi connectivity index (χ3n) is 3.09. The number of hydrogen-bond acceptors (Lipinski definition) is 4. The molecule has 0 unspecified atom stereocenters. The largest absolute Gasteiger partial charge is 0.287 e. The van der Waals surface area contributed by atoms with E-state index in [0.717, 1.165) is 25.8 Å². The number of fused-ring (bicyclic) bond motifs is 2. The smallest absolute Gasteiger partial charge is 0.213 e. The van der Waals surface area contributed by atoms with Crippen molar-refractivity contribution in [2.75, 3.05) is 0 Å². The van der Waals surface area contributed by atoms with Gasteiger partial charge in [-0.3, -0.25) is 14.8 Å². The molecule has 0 amide bonds. The monoisotopic (exact) mass is 316 g/mol. The summed E-state index contributed by atoms with van der Waals surface area (Å²) in [6, 6.07) is 3.75. The van der Waals surface area contributed by atoms with Crippen molar-refractivity contribution in [1.82, 2.24) is 9.97 Å². The van der Waals surface area contributed by atoms with Gasteiger partial charge in [0.05, 0.1) is 10.6 Å². The summed E-state index contributed by atoms with van der Waals surface area (Å²) in [5, 5.41) is 3.76. The molecule has 3 heterocycles. The first-order valence-corrected chi connectivity index (χ1v) is 7.00. The lowest BCUT2D eigenvalue weighted by Crippen LogP contribution is -2.10. The lowest BCUT2D eigenvalue weighted by Gasteiger charge is -2.15. The van der Waals surface area contributed by atoms with Gasteiger partial charge in [-0.05, 0) is 33.4 Å². The first-order valence-electron chi connectivity index (χ1n) is 5.33. The average molecular weight is 317 g/mol. The molecule has 18 heavy (non-hydrogen) atoms. The maximum absolute atomic E-state index is 12.4. The maximum Gasteiger partial charge on any atom is 0.213 e. The van der Waals surface area contributed by atoms with E-state index < -0.39 is 0 Å². The molecule has 0 atom stereocenters. The predicted octanol–water partition coefficient (Wildman–Crippen LogP) is 3.67. The van der Waals surface area contributed by atoms with Crippen LogP contribution in [-0.2, 0) is 0 Å². The highest BCUT2D eigenvalue weighted by Gasteiger charge is 2.28. The first kappa shape index (κ1) is 10.3. The Hall–Kier alpha value is -1.59. The molecule has 1 aliphatic rings. The van der Waals surface area contributed by atoms with E-state index in [0.29, 0.717) is 11.3 Å². The number of halogens is 1. The van der Waals surface area contributed by atoms with Crippen molar-refractivity contribution in [3.8, 4) is 10.6 Å². The zero-order valence-electron chi connectivity index (χ0n) is 8.98. The van der Waals surface area contributed by atoms with Crippen LogP contribution in [0.15, 0.2) is 34.4 Å². The van der Waals surface area contributed by atoms with Crippen LogP contribution in [0.4, 0.5) is 0 Å². The normalized spacial score (nSPS) is 12.8. The van der Waals surface area contributed by atoms with E-state index in [1.165, 1.54) is 0 Å². The highest BCUT2D eigenvalue weighted by atomic mass is 79.9. The Morgan fingerprint density at radius 1 is 1.17 bits per heavy atom. The van der Waals surface area contributed by atoms with E-state index in [9.17, 15) is 4.79 Å². The molecule has 0 radical (unpaired) electrons. The Morgan fingerprint density at radius 3 is 2.94 bits per heavy atom. The summed E-state index contributed by atoms with van der Waals surface area (Å²) >= 11 is 5.02. The van der Waals surface area contributed by atoms with Crippen LogP contribution >= 0.6 is 27.3 Å². The molecule has 5 heteroatoms. The Labute approximate surface area is 115 Å². The van der Waals surface area contributed by atoms with E-state index in [-0.39, 0.29) is 5.78 Å². The minimum Gasteiger partial charge on any atom is -0.287 e. The highest BCUT2D eigenvalue weighted by Crippen LogP contribution is 2.41. The minimum absolute atomic E-state index is 0.00995. The van der Waals surface area contributed by atoms with Crippen molar-refractivity contribution in [1.29, 1.82) is 0 Å². The lowest BCUT2D eigenvalue weighted by atomic mass is 9.95. The van der Waals surface area contributed by atoms with Gasteiger partial charge in [0.1, 0.15) is 5.69 Å². The van der Waals surface area contributed by atoms with Crippen LogP contribution in [0.5, 0.6) is 0 Å². The molecule has 0 aliphatic heterocycles. The molecule has 4 rings (SSSR count). The van der Waals surface area contributed by atoms with E-state index in [2.05, 4.69) is 25.9 Å². The summed E-state index contributed by atoms with van der Waals surface area (Å²) in [5.41, 5.74) is 2.07. The second-order valence-electron chi connectivity index (χ2n) is 4.03. The summed E-state index contributed by atoms with van der Waals surface area (Å²) in [6.07, 6.45) is 3.45. The van der Waals surface area contributed by atoms with Gasteiger partial charge < -0.3 is 0 Å². The molecule has 0 saturated carbocycles. The molecule has 0 bridgehead atoms. The van der Waals surface area contributed by atoms with Gasteiger partial charge in [-0.15, -0.1) is 11.3 Å². The summed E-state index contributed by atoms with van der Waals surface area (Å²) in [4.78, 5) is 22.0. The molecule has 3 nitrogen and oxygen atoms in total. The van der Waals surface area contributed by atoms with E-state index in [4.69, 9.17) is 0 Å². The highest BCUT2D eigenvalue weighted by molar-refractivity contribution is 9.10. The number of thiophene rings is 1. The Bertz CT molecular complexity index is 825. The van der Waals surface area contributed by atoms with Crippen LogP contribution < -0.4 is 0 Å². The van der Waals surface area contributed by atoms with Gasteiger partial charge in [-0.25, -0.2) is 0 Å². The molecule has 0 spiro atoms. The quantitative estimate of drug-likeness (QED) is 0.497. The molecule has 1 aliphatic carbocycles. The van der Waals surface area contributed by atoms with Gasteiger partial charge in [-0.2, -0.15) is 0 Å². The number of hydrogen-bond donors (Lipinski definition) is 0. The SMILES string of the molecule is O=C1c2ccsc2-c2nccc3c(Br)cnc1c23. The van der Waals surface area contributed by atoms with Gasteiger partial charge in [0.2, 0.25) is 5.78 Å². The standard InChI is InChI=1S/C13H5BrN2OS/c14-8-5-16-10-9-6(8)1-3-15-11(9)13-7(12(10)17)2-4-18-13/h1-5H. The molecular formula is C13H5BrN2OS. The van der Waals surface area contributed by atoms with Gasteiger partial charge in [0, 0.05) is 33.2 Å². The van der Waals surface area contributed by atoms with Gasteiger partial charge in [-0.1, -0.05) is 0 Å². The number of carbonyl (C=O) groups is 1. The molecule has 0 aromatic carbocycles. The molecule has 3 aromatic rings. The zero-order valence-corrected chi connectivity index (χ0v) is 11.4. The van der Waals surface area contributed by atoms with Crippen molar-refractivity contribution in [3.05, 3.63) is 45.6 Å². The molecule has 0 saturated heterocycles. The summed E-state index contributed by atoms with van der Waals surface area (Å²) in [7, 11) is 0. The van der Waals surface area contributed by atoms with Crippen molar-refractivity contribution < 1.29 is 4.79 Å². The van der Waals surface area contributed by atoms with Crippen LogP contribution in [0.25, 0.3) is 21.3 Å². The molecule has 0 N–H and O–H groups in total.